The Bertz CT molecular complexity index is 1110. The van der Waals surface area contributed by atoms with Crippen LogP contribution in [0.3, 0.4) is 0 Å². The van der Waals surface area contributed by atoms with Crippen molar-refractivity contribution in [3.05, 3.63) is 90.5 Å². The molecule has 2 N–H and O–H groups in total. The van der Waals surface area contributed by atoms with Crippen molar-refractivity contribution < 1.29 is 18.3 Å². The fourth-order valence-electron chi connectivity index (χ4n) is 2.90. The molecule has 0 spiro atoms. The molecule has 0 aliphatic heterocycles. The lowest BCUT2D eigenvalue weighted by Gasteiger charge is -2.20. The number of nitrogens with one attached hydrogen (secondary N) is 1. The minimum absolute atomic E-state index is 0.0869. The van der Waals surface area contributed by atoms with Gasteiger partial charge in [0.05, 0.1) is 22.4 Å². The molecule has 162 valence electrons. The minimum atomic E-state index is -3.77. The van der Waals surface area contributed by atoms with Crippen LogP contribution in [0.25, 0.3) is 0 Å². The molecule has 0 heterocycles. The quantitative estimate of drug-likeness (QED) is 0.510. The third kappa shape index (κ3) is 6.10. The van der Waals surface area contributed by atoms with Crippen molar-refractivity contribution in [3.63, 3.8) is 0 Å². The molecule has 0 saturated carbocycles. The highest BCUT2D eigenvalue weighted by Crippen LogP contribution is 2.24. The number of aliphatic hydroxyl groups is 1. The predicted octanol–water partition coefficient (Wildman–Crippen LogP) is 3.92. The van der Waals surface area contributed by atoms with E-state index in [0.717, 1.165) is 5.56 Å². The average Bonchev–Trinajstić information content (AvgIpc) is 2.79. The van der Waals surface area contributed by atoms with Crippen LogP contribution in [0.5, 0.6) is 0 Å². The molecule has 0 radical (unpaired) electrons. The van der Waals surface area contributed by atoms with Crippen LogP contribution in [-0.2, 0) is 14.8 Å². The Hall–Kier alpha value is -2.81. The number of carbonyl (C=O) groups excluding carboxylic acids is 1. The number of hydrogen-bond donors (Lipinski definition) is 2. The van der Waals surface area contributed by atoms with Crippen molar-refractivity contribution in [2.75, 3.05) is 28.2 Å². The van der Waals surface area contributed by atoms with E-state index in [1.165, 1.54) is 35.2 Å². The van der Waals surface area contributed by atoms with Crippen LogP contribution in [0.15, 0.2) is 89.8 Å². The van der Waals surface area contributed by atoms with Gasteiger partial charge in [-0.25, -0.2) is 8.42 Å². The third-order valence-corrected chi connectivity index (χ3v) is 7.39. The molecule has 31 heavy (non-hydrogen) atoms. The standard InChI is InChI=1S/C23H24N2O4S2/c1-25(20-12-6-3-7-13-20)31(28,29)21-14-8-11-19(15-21)24-23(27)17-30-16-22(26)18-9-4-2-5-10-18/h2-15,22,26H,16-17H2,1H3,(H,24,27). The third-order valence-electron chi connectivity index (χ3n) is 4.59. The number of thioether (sulfide) groups is 1. The summed E-state index contributed by atoms with van der Waals surface area (Å²) in [6.45, 7) is 0. The highest BCUT2D eigenvalue weighted by Gasteiger charge is 2.21. The van der Waals surface area contributed by atoms with Crippen molar-refractivity contribution in [1.29, 1.82) is 0 Å². The summed E-state index contributed by atoms with van der Waals surface area (Å²) in [6.07, 6.45) is -0.652. The van der Waals surface area contributed by atoms with Gasteiger partial charge in [-0.1, -0.05) is 54.6 Å². The van der Waals surface area contributed by atoms with Crippen LogP contribution in [0.4, 0.5) is 11.4 Å². The molecule has 0 aliphatic carbocycles. The van der Waals surface area contributed by atoms with Gasteiger partial charge in [0.2, 0.25) is 5.91 Å². The van der Waals surface area contributed by atoms with Crippen molar-refractivity contribution in [2.45, 2.75) is 11.0 Å². The van der Waals surface area contributed by atoms with E-state index in [1.54, 1.807) is 36.4 Å². The van der Waals surface area contributed by atoms with Crippen molar-refractivity contribution in [2.24, 2.45) is 0 Å². The van der Waals surface area contributed by atoms with Gasteiger partial charge in [-0.2, -0.15) is 0 Å². The van der Waals surface area contributed by atoms with Gasteiger partial charge in [0.25, 0.3) is 10.0 Å². The van der Waals surface area contributed by atoms with E-state index in [1.807, 2.05) is 36.4 Å². The molecule has 3 rings (SSSR count). The summed E-state index contributed by atoms with van der Waals surface area (Å²) in [7, 11) is -2.27. The zero-order valence-electron chi connectivity index (χ0n) is 17.0. The highest BCUT2D eigenvalue weighted by molar-refractivity contribution is 8.00. The first-order valence-electron chi connectivity index (χ1n) is 9.62. The second-order valence-corrected chi connectivity index (χ2v) is 9.83. The summed E-state index contributed by atoms with van der Waals surface area (Å²) in [6, 6.07) is 24.2. The van der Waals surface area contributed by atoms with Crippen molar-refractivity contribution >= 4 is 39.1 Å². The number of rotatable bonds is 9. The number of amides is 1. The summed E-state index contributed by atoms with van der Waals surface area (Å²) in [4.78, 5) is 12.4. The van der Waals surface area contributed by atoms with E-state index in [9.17, 15) is 18.3 Å². The molecular weight excluding hydrogens is 432 g/mol. The summed E-state index contributed by atoms with van der Waals surface area (Å²) < 4.78 is 27.1. The molecule has 8 heteroatoms. The van der Waals surface area contributed by atoms with E-state index < -0.39 is 16.1 Å². The molecule has 0 fully saturated rings. The maximum Gasteiger partial charge on any atom is 0.264 e. The van der Waals surface area contributed by atoms with Gasteiger partial charge >= 0.3 is 0 Å². The smallest absolute Gasteiger partial charge is 0.264 e. The SMILES string of the molecule is CN(c1ccccc1)S(=O)(=O)c1cccc(NC(=O)CSCC(O)c2ccccc2)c1. The lowest BCUT2D eigenvalue weighted by molar-refractivity contribution is -0.113. The number of nitrogens with zero attached hydrogens (tertiary/aromatic N) is 1. The zero-order valence-corrected chi connectivity index (χ0v) is 18.6. The number of para-hydroxylation sites is 1. The Kier molecular flexibility index (Phi) is 7.73. The number of hydrogen-bond acceptors (Lipinski definition) is 5. The van der Waals surface area contributed by atoms with Crippen LogP contribution in [-0.4, -0.2) is 38.0 Å². The topological polar surface area (TPSA) is 86.7 Å². The fourth-order valence-corrected chi connectivity index (χ4v) is 4.93. The van der Waals surface area contributed by atoms with Gasteiger partial charge in [-0.3, -0.25) is 9.10 Å². The molecule has 6 nitrogen and oxygen atoms in total. The second kappa shape index (κ2) is 10.5. The molecule has 0 aliphatic rings. The molecule has 0 saturated heterocycles. The maximum absolute atomic E-state index is 12.9. The monoisotopic (exact) mass is 456 g/mol. The van der Waals surface area contributed by atoms with Gasteiger partial charge in [0.1, 0.15) is 0 Å². The van der Waals surface area contributed by atoms with E-state index in [4.69, 9.17) is 0 Å². The summed E-state index contributed by atoms with van der Waals surface area (Å²) in [5.41, 5.74) is 1.75. The lowest BCUT2D eigenvalue weighted by Crippen LogP contribution is -2.26. The zero-order chi connectivity index (χ0) is 22.3. The summed E-state index contributed by atoms with van der Waals surface area (Å²) >= 11 is 1.31. The molecule has 3 aromatic rings. The van der Waals surface area contributed by atoms with Crippen LogP contribution >= 0.6 is 11.8 Å². The Balaban J connectivity index is 1.59. The van der Waals surface area contributed by atoms with Crippen LogP contribution in [0.1, 0.15) is 11.7 Å². The lowest BCUT2D eigenvalue weighted by atomic mass is 10.1. The Morgan fingerprint density at radius 1 is 1.00 bits per heavy atom. The van der Waals surface area contributed by atoms with E-state index >= 15 is 0 Å². The Morgan fingerprint density at radius 3 is 2.32 bits per heavy atom. The molecule has 1 unspecified atom stereocenters. The first kappa shape index (κ1) is 22.9. The second-order valence-electron chi connectivity index (χ2n) is 6.83. The predicted molar refractivity (Wildman–Crippen MR) is 126 cm³/mol. The van der Waals surface area contributed by atoms with Crippen LogP contribution in [0.2, 0.25) is 0 Å². The number of carbonyl (C=O) groups is 1. The normalized spacial score (nSPS) is 12.2. The van der Waals surface area contributed by atoms with Crippen LogP contribution in [0, 0.1) is 0 Å². The van der Waals surface area contributed by atoms with Gasteiger partial charge in [0, 0.05) is 18.5 Å². The Labute approximate surface area is 187 Å². The first-order chi connectivity index (χ1) is 14.9. The fraction of sp³-hybridized carbons (Fsp3) is 0.174. The molecule has 3 aromatic carbocycles. The largest absolute Gasteiger partial charge is 0.388 e. The summed E-state index contributed by atoms with van der Waals surface area (Å²) in [5, 5.41) is 12.9. The Morgan fingerprint density at radius 2 is 1.65 bits per heavy atom. The molecule has 0 aromatic heterocycles. The molecule has 1 atom stereocenters. The van der Waals surface area contributed by atoms with Crippen LogP contribution < -0.4 is 9.62 Å². The molecular formula is C23H24N2O4S2. The number of anilines is 2. The van der Waals surface area contributed by atoms with E-state index in [-0.39, 0.29) is 16.6 Å². The van der Waals surface area contributed by atoms with Gasteiger partial charge in [-0.05, 0) is 35.9 Å². The number of sulfonamides is 1. The van der Waals surface area contributed by atoms with Crippen molar-refractivity contribution in [3.8, 4) is 0 Å². The number of benzene rings is 3. The maximum atomic E-state index is 12.9. The average molecular weight is 457 g/mol. The van der Waals surface area contributed by atoms with Gasteiger partial charge in [-0.15, -0.1) is 11.8 Å². The minimum Gasteiger partial charge on any atom is -0.388 e. The van der Waals surface area contributed by atoms with Gasteiger partial charge < -0.3 is 10.4 Å². The highest BCUT2D eigenvalue weighted by atomic mass is 32.2. The first-order valence-corrected chi connectivity index (χ1v) is 12.2. The molecule has 1 amide bonds. The van der Waals surface area contributed by atoms with E-state index in [2.05, 4.69) is 5.32 Å². The molecule has 0 bridgehead atoms. The summed E-state index contributed by atoms with van der Waals surface area (Å²) in [5.74, 6) is 0.259. The van der Waals surface area contributed by atoms with Crippen molar-refractivity contribution in [1.82, 2.24) is 0 Å². The number of aliphatic hydroxyl groups excluding tert-OH is 1. The van der Waals surface area contributed by atoms with E-state index in [0.29, 0.717) is 17.1 Å². The van der Waals surface area contributed by atoms with Gasteiger partial charge in [0.15, 0.2) is 0 Å².